The number of hydrogen-bond acceptors (Lipinski definition) is 3. The van der Waals surface area contributed by atoms with Crippen LogP contribution in [0, 0.1) is 5.92 Å². The molecule has 1 atom stereocenters. The van der Waals surface area contributed by atoms with Crippen molar-refractivity contribution in [3.05, 3.63) is 17.5 Å². The molecule has 0 radical (unpaired) electrons. The molecule has 5 nitrogen and oxygen atoms in total. The lowest BCUT2D eigenvalue weighted by Gasteiger charge is -2.32. The summed E-state index contributed by atoms with van der Waals surface area (Å²) in [6.45, 7) is 4.76. The Bertz CT molecular complexity index is 439. The lowest BCUT2D eigenvalue weighted by molar-refractivity contribution is 0.0673. The van der Waals surface area contributed by atoms with E-state index in [4.69, 9.17) is 0 Å². The summed E-state index contributed by atoms with van der Waals surface area (Å²) < 4.78 is 1.74. The van der Waals surface area contributed by atoms with E-state index in [9.17, 15) is 4.79 Å². The Balaban J connectivity index is 2.10. The van der Waals surface area contributed by atoms with Gasteiger partial charge < -0.3 is 10.2 Å². The van der Waals surface area contributed by atoms with Gasteiger partial charge in [0.25, 0.3) is 5.91 Å². The largest absolute Gasteiger partial charge is 0.338 e. The fraction of sp³-hybridized carbons (Fsp3) is 0.714. The summed E-state index contributed by atoms with van der Waals surface area (Å²) in [4.78, 5) is 14.6. The summed E-state index contributed by atoms with van der Waals surface area (Å²) >= 11 is 0. The molecule has 1 aliphatic heterocycles. The van der Waals surface area contributed by atoms with Crippen LogP contribution in [0.25, 0.3) is 0 Å². The van der Waals surface area contributed by atoms with Crippen molar-refractivity contribution in [1.29, 1.82) is 0 Å². The zero-order valence-corrected chi connectivity index (χ0v) is 12.1. The van der Waals surface area contributed by atoms with Gasteiger partial charge in [0, 0.05) is 26.3 Å². The Kier molecular flexibility index (Phi) is 4.58. The Morgan fingerprint density at radius 3 is 3.05 bits per heavy atom. The minimum atomic E-state index is 0.144. The number of likely N-dealkylation sites (tertiary alicyclic amines) is 1. The quantitative estimate of drug-likeness (QED) is 0.884. The van der Waals surface area contributed by atoms with Gasteiger partial charge in [0.2, 0.25) is 0 Å². The molecule has 0 aliphatic carbocycles. The molecule has 106 valence electrons. The number of nitrogens with one attached hydrogen (secondary N) is 1. The van der Waals surface area contributed by atoms with Crippen LogP contribution in [0.3, 0.4) is 0 Å². The summed E-state index contributed by atoms with van der Waals surface area (Å²) in [5.74, 6) is 0.718. The summed E-state index contributed by atoms with van der Waals surface area (Å²) in [5, 5.41) is 7.57. The second kappa shape index (κ2) is 6.19. The van der Waals surface area contributed by atoms with Gasteiger partial charge in [-0.15, -0.1) is 0 Å². The number of rotatable bonds is 4. The number of hydrogen-bond donors (Lipinski definition) is 1. The van der Waals surface area contributed by atoms with E-state index < -0.39 is 0 Å². The van der Waals surface area contributed by atoms with E-state index in [1.807, 2.05) is 32.1 Å². The van der Waals surface area contributed by atoms with Crippen molar-refractivity contribution >= 4 is 5.91 Å². The molecule has 2 rings (SSSR count). The average Bonchev–Trinajstić information content (AvgIpc) is 2.80. The molecule has 1 aromatic rings. The van der Waals surface area contributed by atoms with Crippen LogP contribution in [0.4, 0.5) is 0 Å². The fourth-order valence-electron chi connectivity index (χ4n) is 2.85. The summed E-state index contributed by atoms with van der Waals surface area (Å²) in [5.41, 5.74) is 1.68. The third kappa shape index (κ3) is 3.15. The molecule has 19 heavy (non-hydrogen) atoms. The maximum Gasteiger partial charge on any atom is 0.257 e. The predicted octanol–water partition coefficient (Wildman–Crippen LogP) is 1.05. The van der Waals surface area contributed by atoms with E-state index in [2.05, 4.69) is 10.4 Å². The molecule has 0 spiro atoms. The van der Waals surface area contributed by atoms with Crippen molar-refractivity contribution < 1.29 is 4.79 Å². The van der Waals surface area contributed by atoms with Gasteiger partial charge in [0.1, 0.15) is 0 Å². The van der Waals surface area contributed by atoms with Crippen molar-refractivity contribution in [3.63, 3.8) is 0 Å². The number of piperidine rings is 1. The molecule has 0 bridgehead atoms. The van der Waals surface area contributed by atoms with Gasteiger partial charge in [-0.2, -0.15) is 5.10 Å². The summed E-state index contributed by atoms with van der Waals surface area (Å²) in [6.07, 6.45) is 4.96. The third-order valence-electron chi connectivity index (χ3n) is 3.77. The number of amides is 1. The highest BCUT2D eigenvalue weighted by molar-refractivity contribution is 5.95. The highest BCUT2D eigenvalue weighted by Crippen LogP contribution is 2.19. The summed E-state index contributed by atoms with van der Waals surface area (Å²) in [6, 6.07) is 0. The molecule has 1 unspecified atom stereocenters. The lowest BCUT2D eigenvalue weighted by Crippen LogP contribution is -2.42. The molecule has 1 aromatic heterocycles. The first-order valence-corrected chi connectivity index (χ1v) is 7.12. The van der Waals surface area contributed by atoms with Crippen LogP contribution in [0.5, 0.6) is 0 Å². The van der Waals surface area contributed by atoms with Gasteiger partial charge in [-0.1, -0.05) is 6.92 Å². The van der Waals surface area contributed by atoms with Gasteiger partial charge in [0.05, 0.1) is 11.3 Å². The molecule has 1 N–H and O–H groups in total. The normalized spacial score (nSPS) is 19.7. The monoisotopic (exact) mass is 264 g/mol. The molecule has 1 fully saturated rings. The third-order valence-corrected chi connectivity index (χ3v) is 3.77. The molecule has 1 aliphatic rings. The minimum Gasteiger partial charge on any atom is -0.338 e. The SMILES string of the molecule is CCc1nn(C)cc1C(=O)N1CCCC(CNC)C1. The Morgan fingerprint density at radius 2 is 2.37 bits per heavy atom. The van der Waals surface area contributed by atoms with Crippen molar-refractivity contribution in [2.45, 2.75) is 26.2 Å². The van der Waals surface area contributed by atoms with Gasteiger partial charge in [-0.05, 0) is 38.8 Å². The molecular weight excluding hydrogens is 240 g/mol. The van der Waals surface area contributed by atoms with Crippen molar-refractivity contribution in [2.24, 2.45) is 13.0 Å². The van der Waals surface area contributed by atoms with Gasteiger partial charge in [-0.3, -0.25) is 9.48 Å². The number of carbonyl (C=O) groups excluding carboxylic acids is 1. The standard InChI is InChI=1S/C14H24N4O/c1-4-13-12(10-17(3)16-13)14(19)18-7-5-6-11(9-18)8-15-2/h10-11,15H,4-9H2,1-3H3. The van der Waals surface area contributed by atoms with Crippen molar-refractivity contribution in [2.75, 3.05) is 26.7 Å². The molecule has 0 aromatic carbocycles. The van der Waals surface area contributed by atoms with Crippen LogP contribution in [-0.4, -0.2) is 47.3 Å². The number of aromatic nitrogens is 2. The molecule has 0 saturated carbocycles. The molecule has 5 heteroatoms. The molecule has 2 heterocycles. The van der Waals surface area contributed by atoms with E-state index >= 15 is 0 Å². The van der Waals surface area contributed by atoms with Crippen molar-refractivity contribution in [1.82, 2.24) is 20.0 Å². The molecular formula is C14H24N4O. The molecule has 1 amide bonds. The van der Waals surface area contributed by atoms with E-state index in [0.29, 0.717) is 5.92 Å². The fourth-order valence-corrected chi connectivity index (χ4v) is 2.85. The number of carbonyl (C=O) groups is 1. The zero-order chi connectivity index (χ0) is 13.8. The Morgan fingerprint density at radius 1 is 1.58 bits per heavy atom. The van der Waals surface area contributed by atoms with E-state index in [0.717, 1.165) is 43.7 Å². The Labute approximate surface area is 115 Å². The van der Waals surface area contributed by atoms with E-state index in [-0.39, 0.29) is 5.91 Å². The second-order valence-electron chi connectivity index (χ2n) is 5.33. The Hall–Kier alpha value is -1.36. The van der Waals surface area contributed by atoms with Gasteiger partial charge in [0.15, 0.2) is 0 Å². The first kappa shape index (κ1) is 14.1. The maximum atomic E-state index is 12.6. The first-order valence-electron chi connectivity index (χ1n) is 7.12. The lowest BCUT2D eigenvalue weighted by atomic mass is 9.97. The van der Waals surface area contributed by atoms with E-state index in [1.165, 1.54) is 6.42 Å². The zero-order valence-electron chi connectivity index (χ0n) is 12.1. The summed E-state index contributed by atoms with van der Waals surface area (Å²) in [7, 11) is 3.84. The van der Waals surface area contributed by atoms with Gasteiger partial charge >= 0.3 is 0 Å². The van der Waals surface area contributed by atoms with Crippen LogP contribution in [0.15, 0.2) is 6.20 Å². The first-order chi connectivity index (χ1) is 9.15. The topological polar surface area (TPSA) is 50.2 Å². The maximum absolute atomic E-state index is 12.6. The van der Waals surface area contributed by atoms with E-state index in [1.54, 1.807) is 4.68 Å². The van der Waals surface area contributed by atoms with Crippen molar-refractivity contribution in [3.8, 4) is 0 Å². The van der Waals surface area contributed by atoms with Crippen LogP contribution in [0.1, 0.15) is 35.8 Å². The van der Waals surface area contributed by atoms with Crippen LogP contribution >= 0.6 is 0 Å². The highest BCUT2D eigenvalue weighted by Gasteiger charge is 2.26. The van der Waals surface area contributed by atoms with Crippen LogP contribution in [-0.2, 0) is 13.5 Å². The van der Waals surface area contributed by atoms with Gasteiger partial charge in [-0.25, -0.2) is 0 Å². The molecule has 1 saturated heterocycles. The minimum absolute atomic E-state index is 0.144. The van der Waals surface area contributed by atoms with Crippen LogP contribution in [0.2, 0.25) is 0 Å². The number of nitrogens with zero attached hydrogens (tertiary/aromatic N) is 3. The predicted molar refractivity (Wildman–Crippen MR) is 75.1 cm³/mol. The smallest absolute Gasteiger partial charge is 0.257 e. The highest BCUT2D eigenvalue weighted by atomic mass is 16.2. The average molecular weight is 264 g/mol. The van der Waals surface area contributed by atoms with Crippen LogP contribution < -0.4 is 5.32 Å². The second-order valence-corrected chi connectivity index (χ2v) is 5.33. The number of aryl methyl sites for hydroxylation is 2.